The van der Waals surface area contributed by atoms with Crippen molar-refractivity contribution in [2.45, 2.75) is 53.2 Å². The van der Waals surface area contributed by atoms with Gasteiger partial charge in [-0.25, -0.2) is 4.79 Å². The molecule has 0 radical (unpaired) electrons. The van der Waals surface area contributed by atoms with E-state index in [1.54, 1.807) is 12.1 Å². The zero-order chi connectivity index (χ0) is 15.5. The molecule has 1 aromatic rings. The molecule has 0 heterocycles. The quantitative estimate of drug-likeness (QED) is 0.815. The highest BCUT2D eigenvalue weighted by molar-refractivity contribution is 6.33. The van der Waals surface area contributed by atoms with Crippen LogP contribution >= 0.6 is 11.6 Å². The molecule has 1 rings (SSSR count). The van der Waals surface area contributed by atoms with Gasteiger partial charge in [0.05, 0.1) is 10.6 Å². The van der Waals surface area contributed by atoms with Crippen LogP contribution in [0.1, 0.15) is 51.9 Å². The summed E-state index contributed by atoms with van der Waals surface area (Å²) in [6, 6.07) is 5.64. The van der Waals surface area contributed by atoms with Gasteiger partial charge in [-0.2, -0.15) is 0 Å². The van der Waals surface area contributed by atoms with Gasteiger partial charge in [-0.3, -0.25) is 0 Å². The van der Waals surface area contributed by atoms with Crippen molar-refractivity contribution in [1.82, 2.24) is 0 Å². The predicted molar refractivity (Wildman–Crippen MR) is 84.5 cm³/mol. The molecule has 1 aromatic carbocycles. The van der Waals surface area contributed by atoms with E-state index in [4.69, 9.17) is 16.3 Å². The zero-order valence-electron chi connectivity index (χ0n) is 13.1. The third kappa shape index (κ3) is 5.04. The number of hydrogen-bond donors (Lipinski definition) is 1. The maximum absolute atomic E-state index is 12.1. The number of anilines is 1. The summed E-state index contributed by atoms with van der Waals surface area (Å²) in [4.78, 5) is 12.1. The molecule has 0 aromatic heterocycles. The van der Waals surface area contributed by atoms with Crippen molar-refractivity contribution >= 4 is 23.3 Å². The summed E-state index contributed by atoms with van der Waals surface area (Å²) in [7, 11) is 0. The van der Waals surface area contributed by atoms with Crippen molar-refractivity contribution in [3.05, 3.63) is 28.8 Å². The number of benzene rings is 1. The molecular weight excluding hydrogens is 274 g/mol. The average molecular weight is 298 g/mol. The summed E-state index contributed by atoms with van der Waals surface area (Å²) >= 11 is 6.09. The molecule has 0 amide bonds. The predicted octanol–water partition coefficient (Wildman–Crippen LogP) is 4.75. The molecule has 0 aliphatic heterocycles. The molecule has 0 saturated heterocycles. The molecule has 0 aliphatic rings. The van der Waals surface area contributed by atoms with Crippen LogP contribution in [0.4, 0.5) is 5.69 Å². The molecule has 0 aliphatic carbocycles. The van der Waals surface area contributed by atoms with Crippen molar-refractivity contribution in [2.24, 2.45) is 5.92 Å². The van der Waals surface area contributed by atoms with Gasteiger partial charge in [0.15, 0.2) is 0 Å². The summed E-state index contributed by atoms with van der Waals surface area (Å²) in [6.07, 6.45) is 0. The van der Waals surface area contributed by atoms with Gasteiger partial charge in [-0.1, -0.05) is 25.4 Å². The Morgan fingerprint density at radius 2 is 1.85 bits per heavy atom. The first kappa shape index (κ1) is 16.8. The van der Waals surface area contributed by atoms with Gasteiger partial charge >= 0.3 is 5.97 Å². The van der Waals surface area contributed by atoms with Gasteiger partial charge in [0.25, 0.3) is 0 Å². The second-order valence-electron chi connectivity index (χ2n) is 6.37. The van der Waals surface area contributed by atoms with E-state index < -0.39 is 11.6 Å². The molecule has 3 nitrogen and oxygen atoms in total. The van der Waals surface area contributed by atoms with E-state index in [0.29, 0.717) is 22.5 Å². The number of halogens is 1. The lowest BCUT2D eigenvalue weighted by molar-refractivity contribution is 0.00698. The highest BCUT2D eigenvalue weighted by atomic mass is 35.5. The largest absolute Gasteiger partial charge is 0.456 e. The molecule has 20 heavy (non-hydrogen) atoms. The van der Waals surface area contributed by atoms with Crippen LogP contribution in [0, 0.1) is 5.92 Å². The Balaban J connectivity index is 2.94. The van der Waals surface area contributed by atoms with Gasteiger partial charge in [-0.05, 0) is 51.8 Å². The van der Waals surface area contributed by atoms with Gasteiger partial charge < -0.3 is 10.1 Å². The molecular formula is C16H24ClNO2. The average Bonchev–Trinajstić information content (AvgIpc) is 2.29. The number of hydrogen-bond acceptors (Lipinski definition) is 3. The highest BCUT2D eigenvalue weighted by Gasteiger charge is 2.20. The van der Waals surface area contributed by atoms with Crippen molar-refractivity contribution in [2.75, 3.05) is 5.32 Å². The summed E-state index contributed by atoms with van der Waals surface area (Å²) < 4.78 is 5.36. The fraction of sp³-hybridized carbons (Fsp3) is 0.562. The normalized spacial score (nSPS) is 13.2. The standard InChI is InChI=1S/C16H24ClNO2/c1-10(2)11(3)18-12-7-8-14(17)13(9-12)15(19)20-16(4,5)6/h7-11,18H,1-6H3. The first-order chi connectivity index (χ1) is 9.10. The SMILES string of the molecule is CC(C)C(C)Nc1ccc(Cl)c(C(=O)OC(C)(C)C)c1. The fourth-order valence-electron chi connectivity index (χ4n) is 1.53. The van der Waals surface area contributed by atoms with Crippen LogP contribution in [0.3, 0.4) is 0 Å². The smallest absolute Gasteiger partial charge is 0.340 e. The summed E-state index contributed by atoms with van der Waals surface area (Å²) in [5.41, 5.74) is 0.730. The van der Waals surface area contributed by atoms with Crippen molar-refractivity contribution < 1.29 is 9.53 Å². The number of carbonyl (C=O) groups is 1. The first-order valence-corrected chi connectivity index (χ1v) is 7.27. The monoisotopic (exact) mass is 297 g/mol. The van der Waals surface area contributed by atoms with Crippen LogP contribution in [0.2, 0.25) is 5.02 Å². The first-order valence-electron chi connectivity index (χ1n) is 6.89. The van der Waals surface area contributed by atoms with Crippen LogP contribution in [-0.4, -0.2) is 17.6 Å². The van der Waals surface area contributed by atoms with Crippen molar-refractivity contribution in [1.29, 1.82) is 0 Å². The molecule has 4 heteroatoms. The minimum absolute atomic E-state index is 0.308. The van der Waals surface area contributed by atoms with Crippen LogP contribution in [0.25, 0.3) is 0 Å². The third-order valence-corrected chi connectivity index (χ3v) is 3.31. The van der Waals surface area contributed by atoms with E-state index in [1.807, 2.05) is 26.8 Å². The van der Waals surface area contributed by atoms with E-state index in [9.17, 15) is 4.79 Å². The summed E-state index contributed by atoms with van der Waals surface area (Å²) in [5.74, 6) is 0.0963. The number of carbonyl (C=O) groups excluding carboxylic acids is 1. The lowest BCUT2D eigenvalue weighted by Gasteiger charge is -2.21. The Hall–Kier alpha value is -1.22. The van der Waals surface area contributed by atoms with E-state index in [-0.39, 0.29) is 0 Å². The topological polar surface area (TPSA) is 38.3 Å². The minimum Gasteiger partial charge on any atom is -0.456 e. The van der Waals surface area contributed by atoms with Crippen LogP contribution in [0.5, 0.6) is 0 Å². The minimum atomic E-state index is -0.533. The fourth-order valence-corrected chi connectivity index (χ4v) is 1.73. The van der Waals surface area contributed by atoms with Crippen molar-refractivity contribution in [3.63, 3.8) is 0 Å². The zero-order valence-corrected chi connectivity index (χ0v) is 13.8. The summed E-state index contributed by atoms with van der Waals surface area (Å²) in [6.45, 7) is 11.9. The van der Waals surface area contributed by atoms with Crippen LogP contribution in [-0.2, 0) is 4.74 Å². The molecule has 1 N–H and O–H groups in total. The number of ether oxygens (including phenoxy) is 1. The number of nitrogens with one attached hydrogen (secondary N) is 1. The molecule has 1 unspecified atom stereocenters. The Kier molecular flexibility index (Phi) is 5.46. The van der Waals surface area contributed by atoms with Crippen LogP contribution < -0.4 is 5.32 Å². The second kappa shape index (κ2) is 6.49. The van der Waals surface area contributed by atoms with Gasteiger partial charge in [0.1, 0.15) is 5.60 Å². The molecule has 0 fully saturated rings. The van der Waals surface area contributed by atoms with E-state index in [1.165, 1.54) is 0 Å². The number of rotatable bonds is 4. The molecule has 1 atom stereocenters. The Morgan fingerprint density at radius 3 is 2.35 bits per heavy atom. The number of esters is 1. The Morgan fingerprint density at radius 1 is 1.25 bits per heavy atom. The van der Waals surface area contributed by atoms with Gasteiger partial charge in [0, 0.05) is 11.7 Å². The lowest BCUT2D eigenvalue weighted by atomic mass is 10.1. The molecule has 0 spiro atoms. The van der Waals surface area contributed by atoms with Gasteiger partial charge in [-0.15, -0.1) is 0 Å². The highest BCUT2D eigenvalue weighted by Crippen LogP contribution is 2.24. The van der Waals surface area contributed by atoms with E-state index in [2.05, 4.69) is 26.1 Å². The van der Waals surface area contributed by atoms with E-state index in [0.717, 1.165) is 5.69 Å². The lowest BCUT2D eigenvalue weighted by Crippen LogP contribution is -2.24. The maximum Gasteiger partial charge on any atom is 0.340 e. The molecule has 0 bridgehead atoms. The van der Waals surface area contributed by atoms with Crippen molar-refractivity contribution in [3.8, 4) is 0 Å². The van der Waals surface area contributed by atoms with Crippen LogP contribution in [0.15, 0.2) is 18.2 Å². The third-order valence-electron chi connectivity index (χ3n) is 2.98. The van der Waals surface area contributed by atoms with E-state index >= 15 is 0 Å². The second-order valence-corrected chi connectivity index (χ2v) is 6.78. The summed E-state index contributed by atoms with van der Waals surface area (Å²) in [5, 5.41) is 3.76. The Labute approximate surface area is 126 Å². The molecule has 112 valence electrons. The Bertz CT molecular complexity index is 478. The molecule has 0 saturated carbocycles. The van der Waals surface area contributed by atoms with Gasteiger partial charge in [0.2, 0.25) is 0 Å². The maximum atomic E-state index is 12.1.